The third kappa shape index (κ3) is 1.36. The van der Waals surface area contributed by atoms with Gasteiger partial charge >= 0.3 is 0 Å². The van der Waals surface area contributed by atoms with E-state index < -0.39 is 0 Å². The monoisotopic (exact) mass is 163 g/mol. The Kier molecular flexibility index (Phi) is 2.37. The molecule has 2 aliphatic heterocycles. The van der Waals surface area contributed by atoms with Crippen LogP contribution < -0.4 is 0 Å². The maximum absolute atomic E-state index is 5.37. The smallest absolute Gasteiger partial charge is 0.0603 e. The van der Waals surface area contributed by atoms with Gasteiger partial charge in [-0.25, -0.2) is 0 Å². The van der Waals surface area contributed by atoms with Crippen LogP contribution in [0.5, 0.6) is 0 Å². The molecule has 2 rings (SSSR count). The predicted octanol–water partition coefficient (Wildman–Crippen LogP) is 2.03. The fourth-order valence-corrected chi connectivity index (χ4v) is 2.79. The Morgan fingerprint density at radius 2 is 1.58 bits per heavy atom. The van der Waals surface area contributed by atoms with Crippen LogP contribution in [0.4, 0.5) is 0 Å². The molecule has 2 aliphatic rings. The summed E-state index contributed by atoms with van der Waals surface area (Å²) in [6.07, 6.45) is 13.8. The highest BCUT2D eigenvalue weighted by atomic mass is 15.2. The molecule has 12 heavy (non-hydrogen) atoms. The molecule has 0 aromatic carbocycles. The largest absolute Gasteiger partial charge is 0.286 e. The highest BCUT2D eigenvalue weighted by molar-refractivity contribution is 4.96. The zero-order valence-corrected chi connectivity index (χ0v) is 7.63. The van der Waals surface area contributed by atoms with E-state index in [4.69, 9.17) is 6.42 Å². The Balaban J connectivity index is 2.04. The fourth-order valence-electron chi connectivity index (χ4n) is 2.79. The van der Waals surface area contributed by atoms with Gasteiger partial charge in [-0.3, -0.25) is 4.90 Å². The highest BCUT2D eigenvalue weighted by Crippen LogP contribution is 2.33. The predicted molar refractivity (Wildman–Crippen MR) is 50.8 cm³/mol. The molecule has 2 saturated heterocycles. The molecule has 0 atom stereocenters. The summed E-state index contributed by atoms with van der Waals surface area (Å²) in [6.45, 7) is 0.884. The standard InChI is InChI=1S/C11H17N/c1-2-9-12-10-5-3-6-11(12)8-4-7-10/h1,10-11H,3-9H2. The summed E-state index contributed by atoms with van der Waals surface area (Å²) in [5.41, 5.74) is 0. The molecule has 0 aliphatic carbocycles. The second kappa shape index (κ2) is 3.49. The summed E-state index contributed by atoms with van der Waals surface area (Å²) in [7, 11) is 0. The van der Waals surface area contributed by atoms with Crippen molar-refractivity contribution < 1.29 is 0 Å². The first-order valence-electron chi connectivity index (χ1n) is 5.11. The lowest BCUT2D eigenvalue weighted by Crippen LogP contribution is -2.49. The molecule has 2 heterocycles. The van der Waals surface area contributed by atoms with Crippen LogP contribution in [-0.2, 0) is 0 Å². The number of hydrogen-bond donors (Lipinski definition) is 0. The third-order valence-electron chi connectivity index (χ3n) is 3.36. The van der Waals surface area contributed by atoms with Crippen LogP contribution in [0, 0.1) is 12.3 Å². The first-order valence-corrected chi connectivity index (χ1v) is 5.11. The summed E-state index contributed by atoms with van der Waals surface area (Å²) >= 11 is 0. The minimum atomic E-state index is 0.827. The zero-order valence-electron chi connectivity index (χ0n) is 7.63. The molecule has 0 spiro atoms. The van der Waals surface area contributed by atoms with Crippen molar-refractivity contribution in [1.29, 1.82) is 0 Å². The lowest BCUT2D eigenvalue weighted by molar-refractivity contribution is 0.0541. The summed E-state index contributed by atoms with van der Waals surface area (Å²) in [5.74, 6) is 2.79. The van der Waals surface area contributed by atoms with E-state index in [2.05, 4.69) is 10.8 Å². The van der Waals surface area contributed by atoms with E-state index in [9.17, 15) is 0 Å². The van der Waals surface area contributed by atoms with Crippen LogP contribution in [0.1, 0.15) is 38.5 Å². The van der Waals surface area contributed by atoms with Crippen LogP contribution in [0.15, 0.2) is 0 Å². The first kappa shape index (κ1) is 8.13. The van der Waals surface area contributed by atoms with E-state index in [1.165, 1.54) is 38.5 Å². The maximum Gasteiger partial charge on any atom is 0.0603 e. The van der Waals surface area contributed by atoms with E-state index in [0.717, 1.165) is 18.6 Å². The number of nitrogens with zero attached hydrogens (tertiary/aromatic N) is 1. The van der Waals surface area contributed by atoms with Crippen LogP contribution >= 0.6 is 0 Å². The Hall–Kier alpha value is -0.480. The van der Waals surface area contributed by atoms with Gasteiger partial charge < -0.3 is 0 Å². The number of hydrogen-bond acceptors (Lipinski definition) is 1. The Morgan fingerprint density at radius 3 is 2.00 bits per heavy atom. The van der Waals surface area contributed by atoms with Gasteiger partial charge in [0.15, 0.2) is 0 Å². The molecule has 66 valence electrons. The van der Waals surface area contributed by atoms with Crippen LogP contribution in [-0.4, -0.2) is 23.5 Å². The highest BCUT2D eigenvalue weighted by Gasteiger charge is 2.32. The van der Waals surface area contributed by atoms with E-state index in [1.807, 2.05) is 0 Å². The molecule has 2 fully saturated rings. The normalized spacial score (nSPS) is 35.9. The van der Waals surface area contributed by atoms with Crippen molar-refractivity contribution in [3.8, 4) is 12.3 Å². The molecule has 2 bridgehead atoms. The molecule has 0 N–H and O–H groups in total. The van der Waals surface area contributed by atoms with E-state index in [1.54, 1.807) is 0 Å². The molecular weight excluding hydrogens is 146 g/mol. The molecule has 1 heteroatoms. The SMILES string of the molecule is C#CCN1C2CCCC1CCC2. The van der Waals surface area contributed by atoms with Crippen molar-refractivity contribution >= 4 is 0 Å². The van der Waals surface area contributed by atoms with Crippen LogP contribution in [0.3, 0.4) is 0 Å². The second-order valence-electron chi connectivity index (χ2n) is 4.05. The summed E-state index contributed by atoms with van der Waals surface area (Å²) < 4.78 is 0. The van der Waals surface area contributed by atoms with Crippen molar-refractivity contribution in [3.63, 3.8) is 0 Å². The number of fused-ring (bicyclic) bond motifs is 2. The van der Waals surface area contributed by atoms with Crippen molar-refractivity contribution in [1.82, 2.24) is 4.90 Å². The molecule has 0 aromatic heterocycles. The minimum Gasteiger partial charge on any atom is -0.286 e. The van der Waals surface area contributed by atoms with Crippen molar-refractivity contribution in [2.75, 3.05) is 6.54 Å². The summed E-state index contributed by atoms with van der Waals surface area (Å²) in [5, 5.41) is 0. The molecular formula is C11H17N. The average Bonchev–Trinajstić information content (AvgIpc) is 2.04. The molecule has 0 saturated carbocycles. The van der Waals surface area contributed by atoms with Gasteiger partial charge in [0.1, 0.15) is 0 Å². The van der Waals surface area contributed by atoms with Crippen molar-refractivity contribution in [2.24, 2.45) is 0 Å². The molecule has 0 unspecified atom stereocenters. The maximum atomic E-state index is 5.37. The molecule has 0 radical (unpaired) electrons. The number of rotatable bonds is 1. The molecule has 1 nitrogen and oxygen atoms in total. The fraction of sp³-hybridized carbons (Fsp3) is 0.818. The van der Waals surface area contributed by atoms with E-state index in [-0.39, 0.29) is 0 Å². The minimum absolute atomic E-state index is 0.827. The number of terminal acetylenes is 1. The van der Waals surface area contributed by atoms with Crippen LogP contribution in [0.25, 0.3) is 0 Å². The van der Waals surface area contributed by atoms with Gasteiger partial charge in [0.2, 0.25) is 0 Å². The first-order chi connectivity index (χ1) is 5.92. The zero-order chi connectivity index (χ0) is 8.39. The molecule has 0 amide bonds. The van der Waals surface area contributed by atoms with E-state index >= 15 is 0 Å². The van der Waals surface area contributed by atoms with E-state index in [0.29, 0.717) is 0 Å². The Labute approximate surface area is 75.1 Å². The lowest BCUT2D eigenvalue weighted by Gasteiger charge is -2.45. The van der Waals surface area contributed by atoms with Gasteiger partial charge in [-0.15, -0.1) is 6.42 Å². The molecule has 0 aromatic rings. The third-order valence-corrected chi connectivity index (χ3v) is 3.36. The van der Waals surface area contributed by atoms with Gasteiger partial charge in [-0.1, -0.05) is 18.8 Å². The second-order valence-corrected chi connectivity index (χ2v) is 4.05. The Bertz CT molecular complexity index is 170. The average molecular weight is 163 g/mol. The topological polar surface area (TPSA) is 3.24 Å². The summed E-state index contributed by atoms with van der Waals surface area (Å²) in [6, 6.07) is 1.65. The number of piperidine rings is 2. The van der Waals surface area contributed by atoms with Crippen molar-refractivity contribution in [3.05, 3.63) is 0 Å². The van der Waals surface area contributed by atoms with Gasteiger partial charge in [-0.05, 0) is 25.7 Å². The van der Waals surface area contributed by atoms with Crippen LogP contribution in [0.2, 0.25) is 0 Å². The van der Waals surface area contributed by atoms with Gasteiger partial charge in [-0.2, -0.15) is 0 Å². The quantitative estimate of drug-likeness (QED) is 0.535. The van der Waals surface area contributed by atoms with Gasteiger partial charge in [0, 0.05) is 12.1 Å². The Morgan fingerprint density at radius 1 is 1.08 bits per heavy atom. The van der Waals surface area contributed by atoms with Crippen molar-refractivity contribution in [2.45, 2.75) is 50.6 Å². The lowest BCUT2D eigenvalue weighted by atomic mass is 9.84. The summed E-state index contributed by atoms with van der Waals surface area (Å²) in [4.78, 5) is 2.56. The van der Waals surface area contributed by atoms with Gasteiger partial charge in [0.05, 0.1) is 6.54 Å². The van der Waals surface area contributed by atoms with Gasteiger partial charge in [0.25, 0.3) is 0 Å².